The predicted octanol–water partition coefficient (Wildman–Crippen LogP) is 3.69. The van der Waals surface area contributed by atoms with E-state index >= 15 is 0 Å². The maximum Gasteiger partial charge on any atom is 0.257 e. The van der Waals surface area contributed by atoms with Gasteiger partial charge in [0.15, 0.2) is 11.5 Å². The van der Waals surface area contributed by atoms with E-state index in [1.807, 2.05) is 60.4 Å². The molecule has 1 aliphatic carbocycles. The van der Waals surface area contributed by atoms with Crippen LogP contribution in [-0.4, -0.2) is 36.5 Å². The van der Waals surface area contributed by atoms with Crippen molar-refractivity contribution >= 4 is 5.91 Å². The first-order valence-electron chi connectivity index (χ1n) is 9.71. The largest absolute Gasteiger partial charge is 0.490 e. The molecule has 0 spiro atoms. The number of fused-ring (bicyclic) bond motifs is 1. The van der Waals surface area contributed by atoms with Gasteiger partial charge in [0, 0.05) is 19.1 Å². The standard InChI is InChI=1S/C22H26N2O3/c1-2-26-20-9-5-6-10-21(20)27-19-8-4-3-7-16(19)22(25)24-13-15-11-12-18(23)17(15)14-24/h3-10,15,17-18H,2,11-14,23H2,1H3. The van der Waals surface area contributed by atoms with Crippen LogP contribution in [0, 0.1) is 11.8 Å². The Hall–Kier alpha value is -2.53. The summed E-state index contributed by atoms with van der Waals surface area (Å²) in [5, 5.41) is 0. The quantitative estimate of drug-likeness (QED) is 0.877. The van der Waals surface area contributed by atoms with Crippen LogP contribution in [0.4, 0.5) is 0 Å². The van der Waals surface area contributed by atoms with Gasteiger partial charge in [-0.1, -0.05) is 24.3 Å². The van der Waals surface area contributed by atoms with Crippen LogP contribution in [0.5, 0.6) is 17.2 Å². The highest BCUT2D eigenvalue weighted by Gasteiger charge is 2.42. The summed E-state index contributed by atoms with van der Waals surface area (Å²) in [5.41, 5.74) is 6.80. The lowest BCUT2D eigenvalue weighted by molar-refractivity contribution is 0.0777. The molecule has 4 rings (SSSR count). The fourth-order valence-electron chi connectivity index (χ4n) is 4.30. The van der Waals surface area contributed by atoms with E-state index in [4.69, 9.17) is 15.2 Å². The highest BCUT2D eigenvalue weighted by Crippen LogP contribution is 2.39. The molecule has 2 aliphatic rings. The molecule has 5 heteroatoms. The first kappa shape index (κ1) is 17.9. The summed E-state index contributed by atoms with van der Waals surface area (Å²) >= 11 is 0. The zero-order valence-electron chi connectivity index (χ0n) is 15.6. The summed E-state index contributed by atoms with van der Waals surface area (Å²) < 4.78 is 11.7. The highest BCUT2D eigenvalue weighted by atomic mass is 16.5. The second-order valence-corrected chi connectivity index (χ2v) is 7.35. The molecule has 27 heavy (non-hydrogen) atoms. The van der Waals surface area contributed by atoms with Gasteiger partial charge >= 0.3 is 0 Å². The third-order valence-electron chi connectivity index (χ3n) is 5.69. The predicted molar refractivity (Wildman–Crippen MR) is 104 cm³/mol. The summed E-state index contributed by atoms with van der Waals surface area (Å²) in [4.78, 5) is 15.1. The zero-order valence-corrected chi connectivity index (χ0v) is 15.6. The molecule has 1 aliphatic heterocycles. The Labute approximate surface area is 160 Å². The summed E-state index contributed by atoms with van der Waals surface area (Å²) in [6, 6.07) is 15.1. The monoisotopic (exact) mass is 366 g/mol. The van der Waals surface area contributed by atoms with E-state index in [2.05, 4.69) is 0 Å². The van der Waals surface area contributed by atoms with Crippen molar-refractivity contribution in [1.82, 2.24) is 4.90 Å². The number of rotatable bonds is 5. The van der Waals surface area contributed by atoms with Crippen LogP contribution < -0.4 is 15.2 Å². The van der Waals surface area contributed by atoms with Crippen LogP contribution in [0.2, 0.25) is 0 Å². The number of hydrogen-bond donors (Lipinski definition) is 1. The fourth-order valence-corrected chi connectivity index (χ4v) is 4.30. The zero-order chi connectivity index (χ0) is 18.8. The Bertz CT molecular complexity index is 823. The van der Waals surface area contributed by atoms with Crippen LogP contribution in [0.1, 0.15) is 30.1 Å². The molecule has 0 radical (unpaired) electrons. The Balaban J connectivity index is 1.56. The van der Waals surface area contributed by atoms with Gasteiger partial charge in [-0.2, -0.15) is 0 Å². The van der Waals surface area contributed by atoms with Gasteiger partial charge in [0.2, 0.25) is 0 Å². The van der Waals surface area contributed by atoms with E-state index in [9.17, 15) is 4.79 Å². The summed E-state index contributed by atoms with van der Waals surface area (Å²) in [7, 11) is 0. The normalized spacial score (nSPS) is 23.9. The van der Waals surface area contributed by atoms with Crippen LogP contribution in [0.3, 0.4) is 0 Å². The topological polar surface area (TPSA) is 64.8 Å². The summed E-state index contributed by atoms with van der Waals surface area (Å²) in [5.74, 6) is 2.82. The van der Waals surface area contributed by atoms with E-state index in [1.165, 1.54) is 0 Å². The number of carbonyl (C=O) groups excluding carboxylic acids is 1. The average Bonchev–Trinajstić information content (AvgIpc) is 3.26. The number of para-hydroxylation sites is 3. The molecule has 0 bridgehead atoms. The maximum atomic E-state index is 13.2. The van der Waals surface area contributed by atoms with Gasteiger partial charge in [0.1, 0.15) is 5.75 Å². The van der Waals surface area contributed by atoms with E-state index < -0.39 is 0 Å². The molecular formula is C22H26N2O3. The minimum absolute atomic E-state index is 0.0149. The molecule has 3 unspecified atom stereocenters. The van der Waals surface area contributed by atoms with Gasteiger partial charge in [-0.15, -0.1) is 0 Å². The number of carbonyl (C=O) groups is 1. The lowest BCUT2D eigenvalue weighted by Gasteiger charge is -2.20. The van der Waals surface area contributed by atoms with Crippen LogP contribution in [-0.2, 0) is 0 Å². The van der Waals surface area contributed by atoms with Crippen molar-refractivity contribution in [3.05, 3.63) is 54.1 Å². The summed E-state index contributed by atoms with van der Waals surface area (Å²) in [6.07, 6.45) is 2.20. The van der Waals surface area contributed by atoms with Gasteiger partial charge in [-0.3, -0.25) is 4.79 Å². The van der Waals surface area contributed by atoms with E-state index in [0.717, 1.165) is 25.9 Å². The van der Waals surface area contributed by atoms with E-state index in [1.54, 1.807) is 0 Å². The minimum atomic E-state index is 0.0149. The lowest BCUT2D eigenvalue weighted by Crippen LogP contribution is -2.33. The number of nitrogens with two attached hydrogens (primary N) is 1. The molecule has 0 aromatic heterocycles. The van der Waals surface area contributed by atoms with Crippen molar-refractivity contribution in [2.45, 2.75) is 25.8 Å². The van der Waals surface area contributed by atoms with Crippen LogP contribution in [0.15, 0.2) is 48.5 Å². The first-order chi connectivity index (χ1) is 13.2. The van der Waals surface area contributed by atoms with E-state index in [-0.39, 0.29) is 11.9 Å². The molecule has 2 aromatic rings. The molecule has 142 valence electrons. The number of likely N-dealkylation sites (tertiary alicyclic amines) is 1. The molecule has 3 atom stereocenters. The molecule has 2 fully saturated rings. The van der Waals surface area contributed by atoms with Crippen molar-refractivity contribution in [3.8, 4) is 17.2 Å². The third-order valence-corrected chi connectivity index (χ3v) is 5.69. The number of benzene rings is 2. The number of nitrogens with zero attached hydrogens (tertiary/aromatic N) is 1. The molecule has 1 saturated carbocycles. The number of hydrogen-bond acceptors (Lipinski definition) is 4. The van der Waals surface area contributed by atoms with Gasteiger partial charge in [0.25, 0.3) is 5.91 Å². The second kappa shape index (κ2) is 7.61. The lowest BCUT2D eigenvalue weighted by atomic mass is 9.98. The first-order valence-corrected chi connectivity index (χ1v) is 9.71. The van der Waals surface area contributed by atoms with Crippen molar-refractivity contribution in [3.63, 3.8) is 0 Å². The van der Waals surface area contributed by atoms with Gasteiger partial charge in [-0.25, -0.2) is 0 Å². The molecular weight excluding hydrogens is 340 g/mol. The fraction of sp³-hybridized carbons (Fsp3) is 0.409. The molecule has 2 aromatic carbocycles. The van der Waals surface area contributed by atoms with Crippen LogP contribution >= 0.6 is 0 Å². The number of amides is 1. The van der Waals surface area contributed by atoms with Crippen LogP contribution in [0.25, 0.3) is 0 Å². The highest BCUT2D eigenvalue weighted by molar-refractivity contribution is 5.97. The second-order valence-electron chi connectivity index (χ2n) is 7.35. The molecule has 1 saturated heterocycles. The SMILES string of the molecule is CCOc1ccccc1Oc1ccccc1C(=O)N1CC2CCC(N)C2C1. The Morgan fingerprint density at radius 1 is 1.04 bits per heavy atom. The van der Waals surface area contributed by atoms with Gasteiger partial charge < -0.3 is 20.1 Å². The molecule has 5 nitrogen and oxygen atoms in total. The molecule has 2 N–H and O–H groups in total. The van der Waals surface area contributed by atoms with Crippen molar-refractivity contribution in [1.29, 1.82) is 0 Å². The van der Waals surface area contributed by atoms with Crippen molar-refractivity contribution in [2.24, 2.45) is 17.6 Å². The number of ether oxygens (including phenoxy) is 2. The third kappa shape index (κ3) is 3.52. The summed E-state index contributed by atoms with van der Waals surface area (Å²) in [6.45, 7) is 4.02. The van der Waals surface area contributed by atoms with Gasteiger partial charge in [-0.05, 0) is 55.9 Å². The average molecular weight is 366 g/mol. The van der Waals surface area contributed by atoms with Crippen molar-refractivity contribution < 1.29 is 14.3 Å². The minimum Gasteiger partial charge on any atom is -0.490 e. The maximum absolute atomic E-state index is 13.2. The smallest absolute Gasteiger partial charge is 0.257 e. The molecule has 1 heterocycles. The molecule has 1 amide bonds. The Morgan fingerprint density at radius 3 is 2.48 bits per heavy atom. The Kier molecular flexibility index (Phi) is 5.03. The van der Waals surface area contributed by atoms with Gasteiger partial charge in [0.05, 0.1) is 12.2 Å². The van der Waals surface area contributed by atoms with E-state index in [0.29, 0.717) is 41.3 Å². The Morgan fingerprint density at radius 2 is 1.74 bits per heavy atom. The van der Waals surface area contributed by atoms with Crippen molar-refractivity contribution in [2.75, 3.05) is 19.7 Å².